The zero-order chi connectivity index (χ0) is 22.6. The highest BCUT2D eigenvalue weighted by Gasteiger charge is 2.49. The molecule has 0 radical (unpaired) electrons. The maximum Gasteiger partial charge on any atom is 0.328 e. The van der Waals surface area contributed by atoms with E-state index in [-0.39, 0.29) is 13.2 Å². The van der Waals surface area contributed by atoms with Crippen LogP contribution in [0.3, 0.4) is 0 Å². The molecule has 2 aliphatic heterocycles. The average Bonchev–Trinajstić information content (AvgIpc) is 3.39. The van der Waals surface area contributed by atoms with Crippen LogP contribution in [0.1, 0.15) is 22.9 Å². The number of fused-ring (bicyclic) bond motifs is 4. The van der Waals surface area contributed by atoms with Gasteiger partial charge in [0.15, 0.2) is 11.5 Å². The molecule has 0 aliphatic carbocycles. The zero-order valence-corrected chi connectivity index (χ0v) is 19.0. The number of hydrogen-bond acceptors (Lipinski definition) is 5. The first-order valence-corrected chi connectivity index (χ1v) is 10.9. The number of alkyl halides is 3. The van der Waals surface area contributed by atoms with Crippen LogP contribution in [0.4, 0.5) is 0 Å². The predicted molar refractivity (Wildman–Crippen MR) is 119 cm³/mol. The van der Waals surface area contributed by atoms with Gasteiger partial charge < -0.3 is 24.1 Å². The Labute approximate surface area is 198 Å². The second-order valence-electron chi connectivity index (χ2n) is 7.53. The summed E-state index contributed by atoms with van der Waals surface area (Å²) in [6.07, 6.45) is 0.208. The third-order valence-electron chi connectivity index (χ3n) is 5.79. The van der Waals surface area contributed by atoms with Gasteiger partial charge in [0.05, 0.1) is 13.2 Å². The molecule has 0 saturated heterocycles. The van der Waals surface area contributed by atoms with Gasteiger partial charge in [-0.25, -0.2) is 4.79 Å². The molecule has 3 aromatic rings. The number of methoxy groups -OCH3 is 1. The lowest BCUT2D eigenvalue weighted by Crippen LogP contribution is -2.55. The topological polar surface area (TPSA) is 80.9 Å². The first kappa shape index (κ1) is 21.2. The van der Waals surface area contributed by atoms with Gasteiger partial charge in [0.2, 0.25) is 6.79 Å². The van der Waals surface area contributed by atoms with Crippen LogP contribution in [0, 0.1) is 0 Å². The van der Waals surface area contributed by atoms with Gasteiger partial charge in [-0.15, -0.1) is 0 Å². The van der Waals surface area contributed by atoms with Crippen molar-refractivity contribution in [1.82, 2.24) is 9.88 Å². The molecule has 2 aromatic carbocycles. The van der Waals surface area contributed by atoms with E-state index < -0.39 is 27.8 Å². The molecule has 0 bridgehead atoms. The van der Waals surface area contributed by atoms with E-state index in [0.29, 0.717) is 17.1 Å². The first-order chi connectivity index (χ1) is 15.3. The van der Waals surface area contributed by atoms with Crippen molar-refractivity contribution in [3.8, 4) is 11.5 Å². The van der Waals surface area contributed by atoms with Gasteiger partial charge in [0.1, 0.15) is 6.04 Å². The number of ether oxygens (including phenoxy) is 3. The van der Waals surface area contributed by atoms with E-state index in [2.05, 4.69) is 4.98 Å². The highest BCUT2D eigenvalue weighted by atomic mass is 35.6. The number of nitrogens with one attached hydrogen (secondary N) is 1. The van der Waals surface area contributed by atoms with Gasteiger partial charge in [0, 0.05) is 23.0 Å². The van der Waals surface area contributed by atoms with Crippen LogP contribution in [0.25, 0.3) is 10.9 Å². The third kappa shape index (κ3) is 3.36. The minimum atomic E-state index is -2.27. The largest absolute Gasteiger partial charge is 0.467 e. The van der Waals surface area contributed by atoms with E-state index >= 15 is 0 Å². The summed E-state index contributed by atoms with van der Waals surface area (Å²) in [5.74, 6) is -0.314. The van der Waals surface area contributed by atoms with Crippen molar-refractivity contribution < 1.29 is 23.8 Å². The van der Waals surface area contributed by atoms with Crippen LogP contribution in [-0.4, -0.2) is 45.5 Å². The molecule has 0 spiro atoms. The Morgan fingerprint density at radius 3 is 2.62 bits per heavy atom. The maximum atomic E-state index is 13.3. The van der Waals surface area contributed by atoms with Gasteiger partial charge in [-0.05, 0) is 29.3 Å². The van der Waals surface area contributed by atoms with Gasteiger partial charge in [-0.1, -0.05) is 59.1 Å². The number of halogens is 3. The van der Waals surface area contributed by atoms with Crippen LogP contribution in [0.2, 0.25) is 0 Å². The van der Waals surface area contributed by atoms with E-state index in [0.717, 1.165) is 22.2 Å². The Morgan fingerprint density at radius 1 is 1.12 bits per heavy atom. The molecule has 10 heteroatoms. The number of esters is 1. The van der Waals surface area contributed by atoms with Gasteiger partial charge in [0.25, 0.3) is 9.70 Å². The number of carbonyl (C=O) groups excluding carboxylic acids is 2. The molecular formula is C22H17Cl3N2O5. The summed E-state index contributed by atoms with van der Waals surface area (Å²) in [6.45, 7) is 0.0999. The number of para-hydroxylation sites is 1. The van der Waals surface area contributed by atoms with Crippen LogP contribution < -0.4 is 9.47 Å². The number of rotatable bonds is 2. The fourth-order valence-electron chi connectivity index (χ4n) is 4.43. The summed E-state index contributed by atoms with van der Waals surface area (Å²) in [6, 6.07) is 11.3. The van der Waals surface area contributed by atoms with E-state index in [1.807, 2.05) is 24.3 Å². The van der Waals surface area contributed by atoms with Crippen LogP contribution in [0.15, 0.2) is 42.5 Å². The molecule has 3 heterocycles. The minimum Gasteiger partial charge on any atom is -0.467 e. The van der Waals surface area contributed by atoms with E-state index in [9.17, 15) is 9.59 Å². The number of carbonyl (C=O) groups is 2. The van der Waals surface area contributed by atoms with Crippen molar-refractivity contribution in [2.24, 2.45) is 0 Å². The van der Waals surface area contributed by atoms with Crippen molar-refractivity contribution in [1.29, 1.82) is 0 Å². The number of hydrogen-bond donors (Lipinski definition) is 1. The minimum absolute atomic E-state index is 0.0999. The first-order valence-electron chi connectivity index (χ1n) is 9.76. The van der Waals surface area contributed by atoms with E-state index in [1.165, 1.54) is 12.0 Å². The van der Waals surface area contributed by atoms with Crippen molar-refractivity contribution >= 4 is 57.6 Å². The average molecular weight is 496 g/mol. The summed E-state index contributed by atoms with van der Waals surface area (Å²) >= 11 is 18.0. The molecule has 0 fully saturated rings. The second-order valence-corrected chi connectivity index (χ2v) is 9.81. The Balaban J connectivity index is 1.77. The number of aromatic nitrogens is 1. The molecule has 166 valence electrons. The molecule has 1 aromatic heterocycles. The Morgan fingerprint density at radius 2 is 1.88 bits per heavy atom. The SMILES string of the molecule is COC(=O)[C@H]1Cc2c([nH]c3ccccc23)[C@@H](c2ccc3c(c2)OCO3)N1C(=O)C(Cl)(Cl)Cl. The summed E-state index contributed by atoms with van der Waals surface area (Å²) in [4.78, 5) is 30.9. The zero-order valence-electron chi connectivity index (χ0n) is 16.7. The molecule has 2 atom stereocenters. The Hall–Kier alpha value is -2.61. The predicted octanol–water partition coefficient (Wildman–Crippen LogP) is 4.28. The van der Waals surface area contributed by atoms with Crippen molar-refractivity contribution in [3.05, 3.63) is 59.3 Å². The molecule has 7 nitrogen and oxygen atoms in total. The Bertz CT molecular complexity index is 1240. The van der Waals surface area contributed by atoms with Crippen molar-refractivity contribution in [3.63, 3.8) is 0 Å². The van der Waals surface area contributed by atoms with Crippen LogP contribution in [0.5, 0.6) is 11.5 Å². The van der Waals surface area contributed by atoms with Gasteiger partial charge in [-0.3, -0.25) is 4.79 Å². The van der Waals surface area contributed by atoms with Gasteiger partial charge in [-0.2, -0.15) is 0 Å². The number of nitrogens with zero attached hydrogens (tertiary/aromatic N) is 1. The number of H-pyrrole nitrogens is 1. The molecular weight excluding hydrogens is 479 g/mol. The second kappa shape index (κ2) is 7.76. The lowest BCUT2D eigenvalue weighted by Gasteiger charge is -2.42. The lowest BCUT2D eigenvalue weighted by molar-refractivity contribution is -0.154. The van der Waals surface area contributed by atoms with Gasteiger partial charge >= 0.3 is 5.97 Å². The van der Waals surface area contributed by atoms with Crippen LogP contribution in [-0.2, 0) is 20.7 Å². The maximum absolute atomic E-state index is 13.3. The van der Waals surface area contributed by atoms with E-state index in [4.69, 9.17) is 49.0 Å². The summed E-state index contributed by atoms with van der Waals surface area (Å²) < 4.78 is 13.7. The molecule has 32 heavy (non-hydrogen) atoms. The lowest BCUT2D eigenvalue weighted by atomic mass is 9.87. The Kier molecular flexibility index (Phi) is 5.15. The monoisotopic (exact) mass is 494 g/mol. The molecule has 5 rings (SSSR count). The normalized spacial score (nSPS) is 19.7. The fourth-order valence-corrected chi connectivity index (χ4v) is 4.73. The molecule has 1 amide bonds. The molecule has 0 unspecified atom stereocenters. The van der Waals surface area contributed by atoms with E-state index in [1.54, 1.807) is 18.2 Å². The highest BCUT2D eigenvalue weighted by Crippen LogP contribution is 2.46. The fraction of sp³-hybridized carbons (Fsp3) is 0.273. The summed E-state index contributed by atoms with van der Waals surface area (Å²) in [5.41, 5.74) is 3.16. The molecule has 1 N–H and O–H groups in total. The van der Waals surface area contributed by atoms with Crippen molar-refractivity contribution in [2.75, 3.05) is 13.9 Å². The smallest absolute Gasteiger partial charge is 0.328 e. The third-order valence-corrected chi connectivity index (χ3v) is 6.28. The number of amides is 1. The summed E-state index contributed by atoms with van der Waals surface area (Å²) in [5, 5.41) is 0.947. The number of benzene rings is 2. The standard InChI is InChI=1S/C22H17Cl3N2O5/c1-30-20(28)15-9-13-12-4-2-3-5-14(12)26-18(13)19(27(15)21(29)22(23,24)25)11-6-7-16-17(8-11)32-10-31-16/h2-8,15,19,26H,9-10H2,1H3/t15-,19-/m1/s1. The molecule has 0 saturated carbocycles. The highest BCUT2D eigenvalue weighted by molar-refractivity contribution is 6.76. The summed E-state index contributed by atoms with van der Waals surface area (Å²) in [7, 11) is 1.26. The molecule has 2 aliphatic rings. The quantitative estimate of drug-likeness (QED) is 0.424. The number of aromatic amines is 1. The van der Waals surface area contributed by atoms with Crippen molar-refractivity contribution in [2.45, 2.75) is 22.3 Å². The van der Waals surface area contributed by atoms with Crippen LogP contribution >= 0.6 is 34.8 Å².